The number of aryl methyl sites for hydroxylation is 1. The first-order chi connectivity index (χ1) is 25.0. The molecule has 4 aromatic rings. The Morgan fingerprint density at radius 1 is 1.06 bits per heavy atom. The number of benzene rings is 2. The molecule has 6 rings (SSSR count). The molecule has 0 spiro atoms. The van der Waals surface area contributed by atoms with Crippen LogP contribution in [0.2, 0.25) is 5.02 Å². The molecule has 0 bridgehead atoms. The van der Waals surface area contributed by atoms with Crippen LogP contribution in [-0.2, 0) is 29.0 Å². The summed E-state index contributed by atoms with van der Waals surface area (Å²) in [4.78, 5) is 29.8. The molecule has 0 aliphatic carbocycles. The molecule has 52 heavy (non-hydrogen) atoms. The van der Waals surface area contributed by atoms with E-state index < -0.39 is 18.8 Å². The van der Waals surface area contributed by atoms with Crippen LogP contribution in [0.5, 0.6) is 5.75 Å². The van der Waals surface area contributed by atoms with Crippen molar-refractivity contribution in [1.82, 2.24) is 20.1 Å². The van der Waals surface area contributed by atoms with Gasteiger partial charge in [-0.25, -0.2) is 0 Å². The average Bonchev–Trinajstić information content (AvgIpc) is 3.57. The van der Waals surface area contributed by atoms with Crippen LogP contribution >= 0.6 is 11.6 Å². The number of aliphatic hydroxyl groups excluding tert-OH is 1. The molecule has 2 atom stereocenters. The fraction of sp³-hybridized carbons (Fsp3) is 0.395. The molecule has 1 saturated heterocycles. The SMILES string of the molecule is C#C.NC(=O)C(Cc1ccccc1)CC(O)CN1CCN(Cc2cc3cncc(Cl)c3o2)CC1.O=CNCC(F)(F)F.c1ccc2c(c1)CCCO2. The number of terminal acetylenes is 1. The standard InChI is InChI=1S/C24H29ClN4O3.C9H10O.C3H4F3NO.C2H2/c25-22-14-27-13-19-12-21(32-23(19)22)16-29-8-6-28(7-9-29)15-20(30)11-18(24(26)31)10-17-4-2-1-3-5-17;1-2-6-9-8(4-1)5-3-7-10-9;4-3(5,6)1-7-2-8;1-2/h1-5,12-14,18,20,30H,6-11,15-16H2,(H2,26,31);1-2,4,6H,3,5,7H2;2H,1H2,(H,7,8);1-2H. The van der Waals surface area contributed by atoms with Crippen molar-refractivity contribution in [2.45, 2.75) is 44.5 Å². The van der Waals surface area contributed by atoms with E-state index in [9.17, 15) is 27.9 Å². The number of pyridine rings is 1. The summed E-state index contributed by atoms with van der Waals surface area (Å²) in [6, 6.07) is 20.0. The maximum Gasteiger partial charge on any atom is 0.405 e. The molecule has 4 N–H and O–H groups in total. The highest BCUT2D eigenvalue weighted by molar-refractivity contribution is 6.34. The van der Waals surface area contributed by atoms with Crippen LogP contribution in [0.15, 0.2) is 77.5 Å². The lowest BCUT2D eigenvalue weighted by atomic mass is 9.93. The van der Waals surface area contributed by atoms with Gasteiger partial charge < -0.3 is 25.3 Å². The van der Waals surface area contributed by atoms with Gasteiger partial charge in [0, 0.05) is 56.4 Å². The van der Waals surface area contributed by atoms with Crippen molar-refractivity contribution in [2.75, 3.05) is 45.9 Å². The molecule has 2 amide bonds. The number of amides is 2. The lowest BCUT2D eigenvalue weighted by Gasteiger charge is -2.35. The van der Waals surface area contributed by atoms with Gasteiger partial charge in [0.25, 0.3) is 0 Å². The monoisotopic (exact) mass is 743 g/mol. The molecule has 14 heteroatoms. The lowest BCUT2D eigenvalue weighted by Crippen LogP contribution is -2.48. The molecule has 4 heterocycles. The van der Waals surface area contributed by atoms with E-state index in [0.717, 1.165) is 61.7 Å². The molecule has 2 aliphatic rings. The predicted molar refractivity (Wildman–Crippen MR) is 194 cm³/mol. The summed E-state index contributed by atoms with van der Waals surface area (Å²) >= 11 is 6.15. The first kappa shape index (κ1) is 41.8. The molecule has 10 nitrogen and oxygen atoms in total. The van der Waals surface area contributed by atoms with Crippen molar-refractivity contribution in [3.05, 3.63) is 95.0 Å². The van der Waals surface area contributed by atoms with Gasteiger partial charge in [0.05, 0.1) is 19.3 Å². The minimum Gasteiger partial charge on any atom is -0.493 e. The van der Waals surface area contributed by atoms with Gasteiger partial charge in [0.2, 0.25) is 12.3 Å². The van der Waals surface area contributed by atoms with Gasteiger partial charge >= 0.3 is 6.18 Å². The Balaban J connectivity index is 0.000000296. The summed E-state index contributed by atoms with van der Waals surface area (Å²) in [5.74, 6) is 1.21. The van der Waals surface area contributed by atoms with E-state index in [1.165, 1.54) is 17.3 Å². The summed E-state index contributed by atoms with van der Waals surface area (Å²) in [6.07, 6.45) is 9.74. The van der Waals surface area contributed by atoms with Crippen molar-refractivity contribution < 1.29 is 37.0 Å². The van der Waals surface area contributed by atoms with Crippen molar-refractivity contribution >= 4 is 34.9 Å². The number of nitrogens with zero attached hydrogens (tertiary/aromatic N) is 3. The largest absolute Gasteiger partial charge is 0.493 e. The van der Waals surface area contributed by atoms with Crippen LogP contribution in [-0.4, -0.2) is 90.4 Å². The zero-order valence-corrected chi connectivity index (χ0v) is 29.6. The van der Waals surface area contributed by atoms with Gasteiger partial charge in [-0.2, -0.15) is 13.2 Å². The highest BCUT2D eigenvalue weighted by atomic mass is 35.5. The predicted octanol–water partition coefficient (Wildman–Crippen LogP) is 5.25. The van der Waals surface area contributed by atoms with Crippen LogP contribution in [0.25, 0.3) is 11.0 Å². The van der Waals surface area contributed by atoms with Crippen LogP contribution < -0.4 is 15.8 Å². The van der Waals surface area contributed by atoms with Gasteiger partial charge in [0.1, 0.15) is 23.1 Å². The summed E-state index contributed by atoms with van der Waals surface area (Å²) in [5, 5.41) is 13.5. The maximum atomic E-state index is 11.9. The number of β-amino-alcohol motifs (C(OH)–C–C–N with tert-alkyl or cyclic N) is 1. The Morgan fingerprint density at radius 2 is 1.73 bits per heavy atom. The number of para-hydroxylation sites is 1. The second-order valence-electron chi connectivity index (χ2n) is 12.2. The number of hydrogen-bond acceptors (Lipinski definition) is 8. The summed E-state index contributed by atoms with van der Waals surface area (Å²) < 4.78 is 44.4. The van der Waals surface area contributed by atoms with Crippen molar-refractivity contribution in [3.8, 4) is 18.6 Å². The van der Waals surface area contributed by atoms with Crippen LogP contribution in [0.3, 0.4) is 0 Å². The third-order valence-corrected chi connectivity index (χ3v) is 8.50. The van der Waals surface area contributed by atoms with Gasteiger partial charge in [-0.3, -0.25) is 24.4 Å². The van der Waals surface area contributed by atoms with E-state index in [1.54, 1.807) is 12.4 Å². The van der Waals surface area contributed by atoms with Gasteiger partial charge in [-0.1, -0.05) is 60.1 Å². The normalized spacial score (nSPS) is 15.4. The van der Waals surface area contributed by atoms with E-state index in [4.69, 9.17) is 26.5 Å². The zero-order valence-electron chi connectivity index (χ0n) is 28.8. The molecule has 2 aromatic heterocycles. The molecule has 2 aromatic carbocycles. The van der Waals surface area contributed by atoms with Crippen LogP contribution in [0, 0.1) is 18.8 Å². The average molecular weight is 744 g/mol. The quantitative estimate of drug-likeness (QED) is 0.140. The third-order valence-electron chi connectivity index (χ3n) is 8.23. The van der Waals surface area contributed by atoms with Gasteiger partial charge in [0.15, 0.2) is 5.58 Å². The summed E-state index contributed by atoms with van der Waals surface area (Å²) in [7, 11) is 0. The van der Waals surface area contributed by atoms with Gasteiger partial charge in [-0.05, 0) is 48.9 Å². The highest BCUT2D eigenvalue weighted by Crippen LogP contribution is 2.27. The Morgan fingerprint density at radius 3 is 2.35 bits per heavy atom. The van der Waals surface area contributed by atoms with Crippen LogP contribution in [0.4, 0.5) is 13.2 Å². The smallest absolute Gasteiger partial charge is 0.405 e. The highest BCUT2D eigenvalue weighted by Gasteiger charge is 2.26. The van der Waals surface area contributed by atoms with Crippen LogP contribution in [0.1, 0.15) is 29.7 Å². The number of alkyl halides is 3. The molecule has 0 saturated carbocycles. The second kappa shape index (κ2) is 21.7. The molecular weight excluding hydrogens is 699 g/mol. The number of fused-ring (bicyclic) bond motifs is 2. The molecule has 0 radical (unpaired) electrons. The number of nitrogens with two attached hydrogens (primary N) is 1. The van der Waals surface area contributed by atoms with E-state index in [-0.39, 0.29) is 18.2 Å². The zero-order chi connectivity index (χ0) is 37.9. The van der Waals surface area contributed by atoms with E-state index in [0.29, 0.717) is 36.5 Å². The number of furan rings is 1. The molecule has 1 fully saturated rings. The van der Waals surface area contributed by atoms with E-state index >= 15 is 0 Å². The number of aromatic nitrogens is 1. The number of carbonyl (C=O) groups is 2. The number of primary amides is 1. The third kappa shape index (κ3) is 14.6. The Bertz CT molecular complexity index is 1650. The number of hydrogen-bond donors (Lipinski definition) is 3. The number of ether oxygens (including phenoxy) is 1. The van der Waals surface area contributed by atoms with E-state index in [2.05, 4.69) is 39.8 Å². The van der Waals surface area contributed by atoms with Gasteiger partial charge in [-0.15, -0.1) is 12.8 Å². The topological polar surface area (TPSA) is 134 Å². The van der Waals surface area contributed by atoms with Crippen molar-refractivity contribution in [1.29, 1.82) is 0 Å². The fourth-order valence-electron chi connectivity index (χ4n) is 5.76. The molecular formula is C38H45ClF3N5O5. The molecule has 280 valence electrons. The number of rotatable bonds is 11. The number of halogens is 4. The first-order valence-corrected chi connectivity index (χ1v) is 17.1. The Hall–Kier alpha value is -4.61. The van der Waals surface area contributed by atoms with Crippen molar-refractivity contribution in [3.63, 3.8) is 0 Å². The number of nitrogens with one attached hydrogen (secondary N) is 1. The molecule has 2 aliphatic heterocycles. The van der Waals surface area contributed by atoms with E-state index in [1.807, 2.05) is 48.5 Å². The Labute approximate surface area is 307 Å². The number of aliphatic hydroxyl groups is 1. The number of piperazine rings is 1. The number of carbonyl (C=O) groups excluding carboxylic acids is 2. The summed E-state index contributed by atoms with van der Waals surface area (Å²) in [5.41, 5.74) is 8.69. The lowest BCUT2D eigenvalue weighted by molar-refractivity contribution is -0.132. The minimum absolute atomic E-state index is 0.00743. The second-order valence-corrected chi connectivity index (χ2v) is 12.6. The minimum atomic E-state index is -4.29. The maximum absolute atomic E-state index is 11.9. The summed E-state index contributed by atoms with van der Waals surface area (Å²) in [6.45, 7) is 4.32. The fourth-order valence-corrected chi connectivity index (χ4v) is 5.97. The Kier molecular flexibility index (Phi) is 17.4. The molecule has 2 unspecified atom stereocenters. The first-order valence-electron chi connectivity index (χ1n) is 16.8. The van der Waals surface area contributed by atoms with Crippen molar-refractivity contribution in [2.24, 2.45) is 11.7 Å².